The number of hydrogen-bond donors (Lipinski definition) is 1. The first kappa shape index (κ1) is 13.4. The maximum atomic E-state index is 6.04. The van der Waals surface area contributed by atoms with Gasteiger partial charge in [-0.25, -0.2) is 4.98 Å². The highest BCUT2D eigenvalue weighted by Crippen LogP contribution is 2.10. The Hall–Kier alpha value is -1.58. The zero-order valence-corrected chi connectivity index (χ0v) is 12.2. The third kappa shape index (κ3) is 3.30. The molecule has 2 aromatic rings. The van der Waals surface area contributed by atoms with E-state index in [9.17, 15) is 0 Å². The fourth-order valence-electron chi connectivity index (χ4n) is 2.76. The standard InChI is InChI=1S/C16H18ClN3/c17-15-5-3-4-14(12-15)13-19-8-10-20(11-9-19)16-6-1-2-7-18-16/h1-7,12H,8-11,13H2/p+2. The van der Waals surface area contributed by atoms with Crippen molar-refractivity contribution in [2.24, 2.45) is 0 Å². The molecule has 1 aromatic carbocycles. The molecular formula is C16H20ClN3+2. The van der Waals surface area contributed by atoms with E-state index in [0.717, 1.165) is 37.7 Å². The largest absolute Gasteiger partial charge is 0.325 e. The van der Waals surface area contributed by atoms with Gasteiger partial charge in [-0.15, -0.1) is 0 Å². The number of aromatic amines is 1. The Kier molecular flexibility index (Phi) is 4.19. The Morgan fingerprint density at radius 1 is 1.10 bits per heavy atom. The summed E-state index contributed by atoms with van der Waals surface area (Å²) in [6.07, 6.45) is 1.99. The predicted molar refractivity (Wildman–Crippen MR) is 81.1 cm³/mol. The van der Waals surface area contributed by atoms with Gasteiger partial charge >= 0.3 is 0 Å². The molecule has 20 heavy (non-hydrogen) atoms. The molecule has 0 bridgehead atoms. The molecule has 0 radical (unpaired) electrons. The molecule has 0 spiro atoms. The van der Waals surface area contributed by atoms with E-state index in [0.29, 0.717) is 0 Å². The van der Waals surface area contributed by atoms with Crippen molar-refractivity contribution in [2.75, 3.05) is 31.1 Å². The molecule has 2 heterocycles. The van der Waals surface area contributed by atoms with Crippen LogP contribution in [0.1, 0.15) is 5.56 Å². The fourth-order valence-corrected chi connectivity index (χ4v) is 2.97. The first-order valence-electron chi connectivity index (χ1n) is 7.11. The van der Waals surface area contributed by atoms with Gasteiger partial charge in [-0.1, -0.05) is 29.8 Å². The van der Waals surface area contributed by atoms with Crippen LogP contribution in [0.3, 0.4) is 0 Å². The van der Waals surface area contributed by atoms with Crippen molar-refractivity contribution >= 4 is 17.4 Å². The molecule has 0 atom stereocenters. The van der Waals surface area contributed by atoms with Gasteiger partial charge in [-0.05, 0) is 18.2 Å². The summed E-state index contributed by atoms with van der Waals surface area (Å²) in [5.74, 6) is 1.22. The highest BCUT2D eigenvalue weighted by Gasteiger charge is 2.25. The molecule has 3 rings (SSSR count). The average molecular weight is 290 g/mol. The molecule has 1 aliphatic heterocycles. The number of halogens is 1. The van der Waals surface area contributed by atoms with Crippen LogP contribution in [0.5, 0.6) is 0 Å². The Morgan fingerprint density at radius 3 is 2.65 bits per heavy atom. The number of nitrogens with zero attached hydrogens (tertiary/aromatic N) is 1. The first-order valence-corrected chi connectivity index (χ1v) is 7.49. The van der Waals surface area contributed by atoms with Gasteiger partial charge in [0, 0.05) is 16.7 Å². The second kappa shape index (κ2) is 6.25. The lowest BCUT2D eigenvalue weighted by atomic mass is 10.2. The number of aromatic nitrogens is 1. The normalized spacial score (nSPS) is 16.4. The van der Waals surface area contributed by atoms with E-state index in [2.05, 4.69) is 34.1 Å². The summed E-state index contributed by atoms with van der Waals surface area (Å²) in [6.45, 7) is 5.57. The van der Waals surface area contributed by atoms with Gasteiger partial charge in [0.2, 0.25) is 0 Å². The summed E-state index contributed by atoms with van der Waals surface area (Å²) in [5.41, 5.74) is 1.33. The minimum Gasteiger partial charge on any atom is -0.325 e. The van der Waals surface area contributed by atoms with Gasteiger partial charge in [0.05, 0.1) is 6.20 Å². The summed E-state index contributed by atoms with van der Waals surface area (Å²) in [6, 6.07) is 14.4. The lowest BCUT2D eigenvalue weighted by Gasteiger charge is -2.28. The average Bonchev–Trinajstić information content (AvgIpc) is 2.49. The van der Waals surface area contributed by atoms with Gasteiger partial charge in [0.15, 0.2) is 0 Å². The van der Waals surface area contributed by atoms with Crippen molar-refractivity contribution in [3.63, 3.8) is 0 Å². The van der Waals surface area contributed by atoms with Crippen molar-refractivity contribution < 1.29 is 9.88 Å². The van der Waals surface area contributed by atoms with E-state index >= 15 is 0 Å². The van der Waals surface area contributed by atoms with E-state index in [1.54, 1.807) is 4.90 Å². The van der Waals surface area contributed by atoms with Gasteiger partial charge in [0.1, 0.15) is 32.7 Å². The maximum absolute atomic E-state index is 6.04. The number of H-pyrrole nitrogens is 1. The van der Waals surface area contributed by atoms with E-state index in [4.69, 9.17) is 11.6 Å². The quantitative estimate of drug-likeness (QED) is 0.897. The Labute approximate surface area is 124 Å². The van der Waals surface area contributed by atoms with Crippen LogP contribution in [0, 0.1) is 0 Å². The van der Waals surface area contributed by atoms with Gasteiger partial charge in [-0.3, -0.25) is 4.90 Å². The summed E-state index contributed by atoms with van der Waals surface area (Å²) in [5, 5.41) is 0.833. The molecule has 2 N–H and O–H groups in total. The Bertz CT molecular complexity index is 551. The van der Waals surface area contributed by atoms with Crippen molar-refractivity contribution in [2.45, 2.75) is 6.54 Å². The number of benzene rings is 1. The molecule has 3 nitrogen and oxygen atoms in total. The van der Waals surface area contributed by atoms with Crippen LogP contribution in [0.25, 0.3) is 0 Å². The number of pyridine rings is 1. The zero-order valence-electron chi connectivity index (χ0n) is 11.5. The molecule has 0 amide bonds. The second-order valence-electron chi connectivity index (χ2n) is 5.29. The van der Waals surface area contributed by atoms with E-state index < -0.39 is 0 Å². The number of piperazine rings is 1. The summed E-state index contributed by atoms with van der Waals surface area (Å²) in [7, 11) is 0. The molecule has 0 saturated carbocycles. The van der Waals surface area contributed by atoms with Crippen LogP contribution in [-0.2, 0) is 6.54 Å². The molecular weight excluding hydrogens is 270 g/mol. The zero-order chi connectivity index (χ0) is 13.8. The molecule has 0 unspecified atom stereocenters. The topological polar surface area (TPSA) is 21.8 Å². The van der Waals surface area contributed by atoms with Gasteiger partial charge < -0.3 is 4.90 Å². The number of hydrogen-bond acceptors (Lipinski definition) is 1. The summed E-state index contributed by atoms with van der Waals surface area (Å²) >= 11 is 6.04. The van der Waals surface area contributed by atoms with Crippen molar-refractivity contribution in [3.05, 3.63) is 59.2 Å². The van der Waals surface area contributed by atoms with Crippen LogP contribution >= 0.6 is 11.6 Å². The van der Waals surface area contributed by atoms with Gasteiger partial charge in [0.25, 0.3) is 5.82 Å². The fraction of sp³-hybridized carbons (Fsp3) is 0.312. The molecule has 1 aliphatic rings. The van der Waals surface area contributed by atoms with Crippen LogP contribution in [0.15, 0.2) is 48.7 Å². The summed E-state index contributed by atoms with van der Waals surface area (Å²) < 4.78 is 0. The molecule has 1 saturated heterocycles. The SMILES string of the molecule is Clc1cccc(C[NH+]2CCN(c3cccc[nH+]3)CC2)c1. The molecule has 0 aliphatic carbocycles. The molecule has 1 aromatic heterocycles. The van der Waals surface area contributed by atoms with Crippen molar-refractivity contribution in [1.29, 1.82) is 0 Å². The monoisotopic (exact) mass is 289 g/mol. The van der Waals surface area contributed by atoms with E-state index in [-0.39, 0.29) is 0 Å². The number of nitrogens with one attached hydrogen (secondary N) is 2. The predicted octanol–water partition coefficient (Wildman–Crippen LogP) is 1.06. The van der Waals surface area contributed by atoms with Crippen LogP contribution in [-0.4, -0.2) is 26.2 Å². The van der Waals surface area contributed by atoms with Crippen molar-refractivity contribution in [3.8, 4) is 0 Å². The maximum Gasteiger partial charge on any atom is 0.274 e. The number of anilines is 1. The lowest BCUT2D eigenvalue weighted by Crippen LogP contribution is -3.13. The Balaban J connectivity index is 1.56. The third-order valence-electron chi connectivity index (χ3n) is 3.85. The molecule has 4 heteroatoms. The Morgan fingerprint density at radius 2 is 1.95 bits per heavy atom. The minimum absolute atomic E-state index is 0.833. The summed E-state index contributed by atoms with van der Waals surface area (Å²) in [4.78, 5) is 7.35. The lowest BCUT2D eigenvalue weighted by molar-refractivity contribution is -0.914. The smallest absolute Gasteiger partial charge is 0.274 e. The van der Waals surface area contributed by atoms with Gasteiger partial charge in [-0.2, -0.15) is 0 Å². The van der Waals surface area contributed by atoms with Crippen LogP contribution < -0.4 is 14.8 Å². The number of rotatable bonds is 3. The first-order chi connectivity index (χ1) is 9.81. The highest BCUT2D eigenvalue weighted by molar-refractivity contribution is 6.30. The van der Waals surface area contributed by atoms with Crippen LogP contribution in [0.2, 0.25) is 5.02 Å². The highest BCUT2D eigenvalue weighted by atomic mass is 35.5. The van der Waals surface area contributed by atoms with E-state index in [1.807, 2.05) is 24.4 Å². The molecule has 104 valence electrons. The van der Waals surface area contributed by atoms with Crippen molar-refractivity contribution in [1.82, 2.24) is 0 Å². The van der Waals surface area contributed by atoms with E-state index in [1.165, 1.54) is 11.4 Å². The third-order valence-corrected chi connectivity index (χ3v) is 4.08. The number of quaternary nitrogens is 1. The molecule has 1 fully saturated rings. The minimum atomic E-state index is 0.833. The van der Waals surface area contributed by atoms with Crippen LogP contribution in [0.4, 0.5) is 5.82 Å². The second-order valence-corrected chi connectivity index (χ2v) is 5.73.